The van der Waals surface area contributed by atoms with E-state index in [2.05, 4.69) is 4.72 Å². The highest BCUT2D eigenvalue weighted by Crippen LogP contribution is 2.19. The Kier molecular flexibility index (Phi) is 5.28. The van der Waals surface area contributed by atoms with Crippen LogP contribution in [0.2, 0.25) is 0 Å². The predicted octanol–water partition coefficient (Wildman–Crippen LogP) is -1.68. The Labute approximate surface area is 122 Å². The zero-order valence-electron chi connectivity index (χ0n) is 10.9. The molecule has 0 unspecified atom stereocenters. The fourth-order valence-electron chi connectivity index (χ4n) is 1.50. The Morgan fingerprint density at radius 1 is 1.19 bits per heavy atom. The van der Waals surface area contributed by atoms with Gasteiger partial charge in [0.15, 0.2) is 0 Å². The lowest BCUT2D eigenvalue weighted by Crippen LogP contribution is -2.28. The van der Waals surface area contributed by atoms with Gasteiger partial charge in [0.1, 0.15) is 4.90 Å². The van der Waals surface area contributed by atoms with Gasteiger partial charge in [-0.3, -0.25) is 4.79 Å². The first-order valence-electron chi connectivity index (χ1n) is 5.72. The summed E-state index contributed by atoms with van der Waals surface area (Å²) in [5.41, 5.74) is 10.6. The van der Waals surface area contributed by atoms with Crippen molar-refractivity contribution in [2.45, 2.75) is 11.3 Å². The fraction of sp³-hybridized carbons (Fsp3) is 0.300. The van der Waals surface area contributed by atoms with Crippen LogP contribution in [0.25, 0.3) is 0 Å². The van der Waals surface area contributed by atoms with Crippen LogP contribution in [0.4, 0.5) is 5.69 Å². The molecule has 0 aliphatic heterocycles. The molecule has 1 rings (SSSR count). The normalized spacial score (nSPS) is 12.2. The smallest absolute Gasteiger partial charge is 0.248 e. The zero-order valence-corrected chi connectivity index (χ0v) is 12.6. The third-order valence-electron chi connectivity index (χ3n) is 2.48. The van der Waals surface area contributed by atoms with Gasteiger partial charge in [-0.2, -0.15) is 0 Å². The van der Waals surface area contributed by atoms with E-state index >= 15 is 0 Å². The minimum absolute atomic E-state index is 0.0251. The number of benzene rings is 1. The number of sulfonamides is 2. The van der Waals surface area contributed by atoms with E-state index in [0.29, 0.717) is 0 Å². The summed E-state index contributed by atoms with van der Waals surface area (Å²) in [6, 6.07) is 3.54. The number of anilines is 1. The van der Waals surface area contributed by atoms with Crippen LogP contribution < -0.4 is 21.3 Å². The molecule has 0 radical (unpaired) electrons. The highest BCUT2D eigenvalue weighted by molar-refractivity contribution is 7.89. The van der Waals surface area contributed by atoms with Gasteiger partial charge in [-0.05, 0) is 24.6 Å². The number of hydrogen-bond acceptors (Lipinski definition) is 6. The molecule has 0 aliphatic carbocycles. The number of nitrogen functional groups attached to an aromatic ring is 1. The molecule has 0 saturated carbocycles. The quantitative estimate of drug-likeness (QED) is 0.341. The first-order valence-corrected chi connectivity index (χ1v) is 8.92. The van der Waals surface area contributed by atoms with Gasteiger partial charge in [0.2, 0.25) is 26.0 Å². The number of amides is 1. The Bertz CT molecular complexity index is 743. The summed E-state index contributed by atoms with van der Waals surface area (Å²) in [6.07, 6.45) is 0.0251. The summed E-state index contributed by atoms with van der Waals surface area (Å²) in [5.74, 6) is -1.07. The average molecular weight is 336 g/mol. The molecule has 0 aliphatic rings. The van der Waals surface area contributed by atoms with Crippen LogP contribution in [-0.4, -0.2) is 35.0 Å². The lowest BCUT2D eigenvalue weighted by atomic mass is 10.2. The monoisotopic (exact) mass is 336 g/mol. The second kappa shape index (κ2) is 6.39. The molecule has 118 valence electrons. The van der Waals surface area contributed by atoms with Gasteiger partial charge in [-0.15, -0.1) is 0 Å². The number of hydrogen-bond donors (Lipinski definition) is 4. The maximum atomic E-state index is 12.0. The van der Waals surface area contributed by atoms with Crippen molar-refractivity contribution in [2.24, 2.45) is 10.9 Å². The Hall–Kier alpha value is -1.69. The maximum absolute atomic E-state index is 12.0. The molecule has 0 atom stereocenters. The molecule has 0 fully saturated rings. The Morgan fingerprint density at radius 3 is 2.29 bits per heavy atom. The lowest BCUT2D eigenvalue weighted by molar-refractivity contribution is 0.1000. The summed E-state index contributed by atoms with van der Waals surface area (Å²) in [7, 11) is -7.55. The average Bonchev–Trinajstić information content (AvgIpc) is 2.33. The van der Waals surface area contributed by atoms with Gasteiger partial charge in [0.05, 0.1) is 11.4 Å². The van der Waals surface area contributed by atoms with Gasteiger partial charge in [0.25, 0.3) is 0 Å². The molecule has 7 N–H and O–H groups in total. The number of nitrogens with one attached hydrogen (secondary N) is 1. The van der Waals surface area contributed by atoms with E-state index in [1.807, 2.05) is 0 Å². The molecule has 0 heterocycles. The van der Waals surface area contributed by atoms with E-state index in [1.165, 1.54) is 6.07 Å². The Morgan fingerprint density at radius 2 is 1.81 bits per heavy atom. The second-order valence-corrected chi connectivity index (χ2v) is 7.70. The van der Waals surface area contributed by atoms with Gasteiger partial charge in [0, 0.05) is 12.1 Å². The summed E-state index contributed by atoms with van der Waals surface area (Å²) in [4.78, 5) is 10.7. The molecule has 0 aromatic heterocycles. The molecule has 11 heteroatoms. The first-order chi connectivity index (χ1) is 9.53. The van der Waals surface area contributed by atoms with Crippen molar-refractivity contribution in [1.82, 2.24) is 4.72 Å². The van der Waals surface area contributed by atoms with Crippen molar-refractivity contribution in [3.05, 3.63) is 23.8 Å². The summed E-state index contributed by atoms with van der Waals surface area (Å²) in [6.45, 7) is -0.115. The van der Waals surface area contributed by atoms with Crippen LogP contribution in [0.5, 0.6) is 0 Å². The standard InChI is InChI=1S/C10H16N4O5S2/c11-8-6-7(10(12)15)2-3-9(8)21(18,19)14-4-1-5-20(13,16)17/h2-3,6,14H,1,4-5,11H2,(H2,12,15)(H2,13,16,17). The van der Waals surface area contributed by atoms with Crippen molar-refractivity contribution >= 4 is 31.6 Å². The Balaban J connectivity index is 2.81. The molecule has 0 bridgehead atoms. The number of carbonyl (C=O) groups excluding carboxylic acids is 1. The highest BCUT2D eigenvalue weighted by atomic mass is 32.2. The van der Waals surface area contributed by atoms with E-state index < -0.39 is 26.0 Å². The van der Waals surface area contributed by atoms with Crippen molar-refractivity contribution < 1.29 is 21.6 Å². The number of rotatable bonds is 7. The molecule has 1 aromatic carbocycles. The lowest BCUT2D eigenvalue weighted by Gasteiger charge is -2.09. The molecule has 1 amide bonds. The largest absolute Gasteiger partial charge is 0.398 e. The topological polar surface area (TPSA) is 175 Å². The minimum Gasteiger partial charge on any atom is -0.398 e. The maximum Gasteiger partial charge on any atom is 0.248 e. The third-order valence-corrected chi connectivity index (χ3v) is 4.87. The summed E-state index contributed by atoms with van der Waals surface area (Å²) < 4.78 is 47.6. The third kappa shape index (κ3) is 5.30. The molecular weight excluding hydrogens is 320 g/mol. The van der Waals surface area contributed by atoms with Crippen LogP contribution in [0, 0.1) is 0 Å². The molecule has 0 spiro atoms. The van der Waals surface area contributed by atoms with Gasteiger partial charge < -0.3 is 11.5 Å². The zero-order chi connectivity index (χ0) is 16.3. The molecule has 9 nitrogen and oxygen atoms in total. The number of primary amides is 1. The van der Waals surface area contributed by atoms with Crippen LogP contribution in [-0.2, 0) is 20.0 Å². The van der Waals surface area contributed by atoms with E-state index in [-0.39, 0.29) is 34.9 Å². The van der Waals surface area contributed by atoms with Gasteiger partial charge in [-0.25, -0.2) is 26.7 Å². The predicted molar refractivity (Wildman–Crippen MR) is 77.2 cm³/mol. The van der Waals surface area contributed by atoms with Crippen molar-refractivity contribution in [3.63, 3.8) is 0 Å². The van der Waals surface area contributed by atoms with Gasteiger partial charge in [-0.1, -0.05) is 0 Å². The van der Waals surface area contributed by atoms with Crippen molar-refractivity contribution in [1.29, 1.82) is 0 Å². The molecular formula is C10H16N4O5S2. The number of carbonyl (C=O) groups is 1. The fourth-order valence-corrected chi connectivity index (χ4v) is 3.24. The molecule has 21 heavy (non-hydrogen) atoms. The van der Waals surface area contributed by atoms with Crippen LogP contribution >= 0.6 is 0 Å². The van der Waals surface area contributed by atoms with E-state index in [4.69, 9.17) is 16.6 Å². The van der Waals surface area contributed by atoms with E-state index in [1.54, 1.807) is 0 Å². The molecule has 1 aromatic rings. The van der Waals surface area contributed by atoms with Crippen LogP contribution in [0.15, 0.2) is 23.1 Å². The van der Waals surface area contributed by atoms with E-state index in [0.717, 1.165) is 12.1 Å². The van der Waals surface area contributed by atoms with E-state index in [9.17, 15) is 21.6 Å². The van der Waals surface area contributed by atoms with Crippen molar-refractivity contribution in [2.75, 3.05) is 18.0 Å². The highest BCUT2D eigenvalue weighted by Gasteiger charge is 2.18. The second-order valence-electron chi connectivity index (χ2n) is 4.24. The minimum atomic E-state index is -3.91. The SMILES string of the molecule is NC(=O)c1ccc(S(=O)(=O)NCCCS(N)(=O)=O)c(N)c1. The van der Waals surface area contributed by atoms with Crippen molar-refractivity contribution in [3.8, 4) is 0 Å². The molecule has 0 saturated heterocycles. The van der Waals surface area contributed by atoms with Crippen LogP contribution in [0.3, 0.4) is 0 Å². The summed E-state index contributed by atoms with van der Waals surface area (Å²) >= 11 is 0. The number of primary sulfonamides is 1. The van der Waals surface area contributed by atoms with Gasteiger partial charge >= 0.3 is 0 Å². The summed E-state index contributed by atoms with van der Waals surface area (Å²) in [5, 5.41) is 4.80. The number of nitrogens with two attached hydrogens (primary N) is 3. The first kappa shape index (κ1) is 17.4. The van der Waals surface area contributed by atoms with Crippen LogP contribution in [0.1, 0.15) is 16.8 Å².